The van der Waals surface area contributed by atoms with Gasteiger partial charge in [-0.15, -0.1) is 0 Å². The van der Waals surface area contributed by atoms with Crippen LogP contribution in [0.25, 0.3) is 0 Å². The molecule has 1 atom stereocenters. The van der Waals surface area contributed by atoms with Crippen LogP contribution < -0.4 is 4.90 Å². The van der Waals surface area contributed by atoms with Crippen molar-refractivity contribution in [1.29, 1.82) is 0 Å². The average Bonchev–Trinajstić information content (AvgIpc) is 3.12. The van der Waals surface area contributed by atoms with Crippen molar-refractivity contribution < 1.29 is 13.9 Å². The molecule has 0 unspecified atom stereocenters. The zero-order valence-electron chi connectivity index (χ0n) is 18.0. The summed E-state index contributed by atoms with van der Waals surface area (Å²) < 4.78 is 18.8. The van der Waals surface area contributed by atoms with E-state index in [9.17, 15) is 9.18 Å². The number of aryl methyl sites for hydroxylation is 1. The summed E-state index contributed by atoms with van der Waals surface area (Å²) in [7, 11) is 0. The number of rotatable bonds is 4. The third-order valence-electron chi connectivity index (χ3n) is 6.87. The van der Waals surface area contributed by atoms with Gasteiger partial charge < -0.3 is 4.74 Å². The van der Waals surface area contributed by atoms with Crippen LogP contribution in [0.2, 0.25) is 0 Å². The predicted octanol–water partition coefficient (Wildman–Crippen LogP) is 3.37. The van der Waals surface area contributed by atoms with Crippen LogP contribution in [-0.4, -0.2) is 53.1 Å². The quantitative estimate of drug-likeness (QED) is 0.753. The number of piperidine rings is 1. The summed E-state index contributed by atoms with van der Waals surface area (Å²) in [5.74, 6) is 1.63. The summed E-state index contributed by atoms with van der Waals surface area (Å²) in [5.41, 5.74) is 2.72. The van der Waals surface area contributed by atoms with Gasteiger partial charge >= 0.3 is 0 Å². The zero-order chi connectivity index (χ0) is 21.4. The van der Waals surface area contributed by atoms with Crippen molar-refractivity contribution in [1.82, 2.24) is 14.9 Å². The minimum atomic E-state index is -0.274. The Bertz CT molecular complexity index is 959. The molecule has 0 aliphatic carbocycles. The van der Waals surface area contributed by atoms with Crippen molar-refractivity contribution in [2.75, 3.05) is 31.2 Å². The lowest BCUT2D eigenvalue weighted by Crippen LogP contribution is -2.44. The number of halogens is 1. The average molecular weight is 425 g/mol. The number of benzene rings is 1. The minimum Gasteiger partial charge on any atom is -0.381 e. The molecule has 0 bridgehead atoms. The van der Waals surface area contributed by atoms with E-state index in [1.807, 2.05) is 6.92 Å². The van der Waals surface area contributed by atoms with Crippen LogP contribution in [0.3, 0.4) is 0 Å². The Hall–Kier alpha value is -2.38. The van der Waals surface area contributed by atoms with E-state index in [1.54, 1.807) is 17.0 Å². The Morgan fingerprint density at radius 2 is 1.90 bits per heavy atom. The number of hydrogen-bond acceptors (Lipinski definition) is 5. The van der Waals surface area contributed by atoms with Crippen LogP contribution >= 0.6 is 0 Å². The molecule has 31 heavy (non-hydrogen) atoms. The molecule has 0 N–H and O–H groups in total. The van der Waals surface area contributed by atoms with E-state index in [4.69, 9.17) is 14.7 Å². The van der Waals surface area contributed by atoms with Crippen molar-refractivity contribution in [2.45, 2.75) is 57.5 Å². The summed E-state index contributed by atoms with van der Waals surface area (Å²) in [6.45, 7) is 6.18. The molecule has 5 rings (SSSR count). The number of carbonyl (C=O) groups excluding carboxylic acids is 1. The molecule has 0 spiro atoms. The second kappa shape index (κ2) is 8.63. The molecule has 0 saturated carbocycles. The minimum absolute atomic E-state index is 0.0290. The summed E-state index contributed by atoms with van der Waals surface area (Å²) in [6.07, 6.45) is 4.73. The first-order valence-corrected chi connectivity index (χ1v) is 11.3. The Balaban J connectivity index is 1.39. The van der Waals surface area contributed by atoms with Gasteiger partial charge in [0, 0.05) is 43.0 Å². The van der Waals surface area contributed by atoms with Gasteiger partial charge in [0.05, 0.1) is 13.0 Å². The van der Waals surface area contributed by atoms with Gasteiger partial charge in [0.2, 0.25) is 5.91 Å². The van der Waals surface area contributed by atoms with Crippen LogP contribution in [0.5, 0.6) is 0 Å². The number of aromatic nitrogens is 2. The van der Waals surface area contributed by atoms with Gasteiger partial charge in [-0.3, -0.25) is 14.6 Å². The first-order valence-electron chi connectivity index (χ1n) is 11.3. The fraction of sp³-hybridized carbons (Fsp3) is 0.542. The summed E-state index contributed by atoms with van der Waals surface area (Å²) in [5, 5.41) is 0. The molecule has 1 aromatic carbocycles. The molecular formula is C24H29FN4O2. The standard InChI is InChI=1S/C24H29FN4O2/c1-16-21-13-22(30)29(14-17-4-6-19(25)7-5-17)24(21)27-23(26-16)18-3-2-10-28(15-18)20-8-11-31-12-9-20/h4-7,18,20H,2-3,8-15H2,1H3/t18-/m1/s1. The number of fused-ring (bicyclic) bond motifs is 1. The molecule has 164 valence electrons. The highest BCUT2D eigenvalue weighted by Gasteiger charge is 2.34. The van der Waals surface area contributed by atoms with E-state index in [0.29, 0.717) is 19.0 Å². The highest BCUT2D eigenvalue weighted by Crippen LogP contribution is 2.34. The van der Waals surface area contributed by atoms with Crippen molar-refractivity contribution in [3.05, 3.63) is 52.7 Å². The number of likely N-dealkylation sites (tertiary alicyclic amines) is 1. The number of hydrogen-bond donors (Lipinski definition) is 0. The van der Waals surface area contributed by atoms with E-state index >= 15 is 0 Å². The Kier molecular flexibility index (Phi) is 5.71. The second-order valence-electron chi connectivity index (χ2n) is 8.93. The number of carbonyl (C=O) groups is 1. The molecule has 1 aromatic heterocycles. The van der Waals surface area contributed by atoms with Gasteiger partial charge in [-0.25, -0.2) is 14.4 Å². The second-order valence-corrected chi connectivity index (χ2v) is 8.93. The highest BCUT2D eigenvalue weighted by molar-refractivity contribution is 6.00. The lowest BCUT2D eigenvalue weighted by Gasteiger charge is -2.39. The SMILES string of the molecule is Cc1nc([C@@H]2CCCN(C3CCOCC3)C2)nc2c1CC(=O)N2Cc1ccc(F)cc1. The van der Waals surface area contributed by atoms with Gasteiger partial charge in [0.25, 0.3) is 0 Å². The first-order chi connectivity index (χ1) is 15.1. The molecule has 3 aliphatic rings. The van der Waals surface area contributed by atoms with E-state index < -0.39 is 0 Å². The number of ether oxygens (including phenoxy) is 1. The molecule has 3 aliphatic heterocycles. The van der Waals surface area contributed by atoms with Crippen LogP contribution in [0.4, 0.5) is 10.2 Å². The van der Waals surface area contributed by atoms with Gasteiger partial charge in [-0.2, -0.15) is 0 Å². The maximum atomic E-state index is 13.3. The van der Waals surface area contributed by atoms with Gasteiger partial charge in [-0.05, 0) is 56.8 Å². The topological polar surface area (TPSA) is 58.6 Å². The molecule has 6 nitrogen and oxygen atoms in total. The first kappa shape index (κ1) is 20.5. The smallest absolute Gasteiger partial charge is 0.233 e. The van der Waals surface area contributed by atoms with Crippen molar-refractivity contribution in [3.63, 3.8) is 0 Å². The normalized spacial score (nSPS) is 22.7. The third kappa shape index (κ3) is 4.21. The van der Waals surface area contributed by atoms with Crippen molar-refractivity contribution >= 4 is 11.7 Å². The maximum Gasteiger partial charge on any atom is 0.233 e. The largest absolute Gasteiger partial charge is 0.381 e. The number of amides is 1. The molecule has 4 heterocycles. The predicted molar refractivity (Wildman–Crippen MR) is 115 cm³/mol. The number of anilines is 1. The molecule has 1 amide bonds. The van der Waals surface area contributed by atoms with E-state index in [-0.39, 0.29) is 17.6 Å². The van der Waals surface area contributed by atoms with Gasteiger partial charge in [-0.1, -0.05) is 12.1 Å². The fourth-order valence-corrected chi connectivity index (χ4v) is 5.11. The monoisotopic (exact) mass is 424 g/mol. The Morgan fingerprint density at radius 1 is 1.13 bits per heavy atom. The summed E-state index contributed by atoms with van der Waals surface area (Å²) in [6, 6.07) is 6.90. The summed E-state index contributed by atoms with van der Waals surface area (Å²) >= 11 is 0. The molecule has 0 radical (unpaired) electrons. The third-order valence-corrected chi connectivity index (χ3v) is 6.87. The van der Waals surface area contributed by atoms with Crippen molar-refractivity contribution in [3.8, 4) is 0 Å². The maximum absolute atomic E-state index is 13.3. The Labute approximate surface area is 182 Å². The van der Waals surface area contributed by atoms with E-state index in [1.165, 1.54) is 12.1 Å². The molecule has 2 aromatic rings. The van der Waals surface area contributed by atoms with Crippen molar-refractivity contribution in [2.24, 2.45) is 0 Å². The van der Waals surface area contributed by atoms with Gasteiger partial charge in [0.1, 0.15) is 17.5 Å². The molecule has 7 heteroatoms. The van der Waals surface area contributed by atoms with Crippen LogP contribution in [0.15, 0.2) is 24.3 Å². The van der Waals surface area contributed by atoms with E-state index in [0.717, 1.165) is 80.4 Å². The molecular weight excluding hydrogens is 395 g/mol. The van der Waals surface area contributed by atoms with Crippen LogP contribution in [0, 0.1) is 12.7 Å². The zero-order valence-corrected chi connectivity index (χ0v) is 18.0. The molecule has 2 fully saturated rings. The van der Waals surface area contributed by atoms with Crippen LogP contribution in [-0.2, 0) is 22.5 Å². The van der Waals surface area contributed by atoms with Crippen LogP contribution in [0.1, 0.15) is 54.2 Å². The number of nitrogens with zero attached hydrogens (tertiary/aromatic N) is 4. The lowest BCUT2D eigenvalue weighted by molar-refractivity contribution is -0.117. The van der Waals surface area contributed by atoms with E-state index in [2.05, 4.69) is 4.90 Å². The fourth-order valence-electron chi connectivity index (χ4n) is 5.11. The lowest BCUT2D eigenvalue weighted by atomic mass is 9.94. The highest BCUT2D eigenvalue weighted by atomic mass is 19.1. The summed E-state index contributed by atoms with van der Waals surface area (Å²) in [4.78, 5) is 26.9. The van der Waals surface area contributed by atoms with Gasteiger partial charge in [0.15, 0.2) is 0 Å². The Morgan fingerprint density at radius 3 is 2.68 bits per heavy atom. The molecule has 2 saturated heterocycles.